The summed E-state index contributed by atoms with van der Waals surface area (Å²) in [6.45, 7) is 0.176. The molecule has 0 spiro atoms. The smallest absolute Gasteiger partial charge is 0.124 e. The number of aromatic nitrogens is 1. The van der Waals surface area contributed by atoms with Gasteiger partial charge in [-0.25, -0.2) is 9.37 Å². The Morgan fingerprint density at radius 1 is 1.27 bits per heavy atom. The van der Waals surface area contributed by atoms with Gasteiger partial charge in [0, 0.05) is 27.4 Å². The molecule has 8 heteroatoms. The van der Waals surface area contributed by atoms with E-state index in [2.05, 4.69) is 20.9 Å². The quantitative estimate of drug-likeness (QED) is 0.558. The maximum atomic E-state index is 13.1. The molecule has 0 saturated heterocycles. The van der Waals surface area contributed by atoms with Crippen LogP contribution >= 0.6 is 38.9 Å². The third kappa shape index (κ3) is 4.60. The fourth-order valence-corrected chi connectivity index (χ4v) is 3.69. The highest BCUT2D eigenvalue weighted by Crippen LogP contribution is 2.28. The SMILES string of the molecule is O=C([O-])c1csc(Cc2cc(Br)ccc2OCc2ccc(F)cc2Cl)n1. The molecular weight excluding hydrogens is 445 g/mol. The third-order valence-corrected chi connectivity index (χ3v) is 5.22. The number of ether oxygens (including phenoxy) is 1. The van der Waals surface area contributed by atoms with Gasteiger partial charge < -0.3 is 14.6 Å². The van der Waals surface area contributed by atoms with Gasteiger partial charge in [0.15, 0.2) is 0 Å². The van der Waals surface area contributed by atoms with E-state index in [9.17, 15) is 14.3 Å². The lowest BCUT2D eigenvalue weighted by Crippen LogP contribution is -2.22. The van der Waals surface area contributed by atoms with Crippen LogP contribution in [-0.4, -0.2) is 11.0 Å². The number of hydrogen-bond donors (Lipinski definition) is 0. The Kier molecular flexibility index (Phi) is 5.90. The Balaban J connectivity index is 1.79. The van der Waals surface area contributed by atoms with E-state index in [0.717, 1.165) is 10.0 Å². The lowest BCUT2D eigenvalue weighted by Gasteiger charge is -2.12. The zero-order chi connectivity index (χ0) is 18.7. The molecule has 26 heavy (non-hydrogen) atoms. The summed E-state index contributed by atoms with van der Waals surface area (Å²) in [7, 11) is 0. The van der Waals surface area contributed by atoms with Gasteiger partial charge in [-0.15, -0.1) is 11.3 Å². The van der Waals surface area contributed by atoms with Crippen LogP contribution in [0.5, 0.6) is 5.75 Å². The maximum absolute atomic E-state index is 13.1. The number of carboxylic acid groups (broad SMARTS) is 1. The Labute approximate surface area is 166 Å². The molecule has 0 fully saturated rings. The number of rotatable bonds is 6. The van der Waals surface area contributed by atoms with E-state index in [-0.39, 0.29) is 12.3 Å². The summed E-state index contributed by atoms with van der Waals surface area (Å²) >= 11 is 10.7. The average Bonchev–Trinajstić information content (AvgIpc) is 3.04. The van der Waals surface area contributed by atoms with Crippen molar-refractivity contribution < 1.29 is 19.0 Å². The summed E-state index contributed by atoms with van der Waals surface area (Å²) in [5.74, 6) is -1.10. The van der Waals surface area contributed by atoms with Crippen LogP contribution in [0, 0.1) is 5.82 Å². The molecule has 0 aliphatic carbocycles. The van der Waals surface area contributed by atoms with Crippen molar-refractivity contribution in [1.29, 1.82) is 0 Å². The number of benzene rings is 2. The number of nitrogens with zero attached hydrogens (tertiary/aromatic N) is 1. The molecule has 0 aliphatic rings. The molecule has 3 rings (SSSR count). The second-order valence-corrected chi connectivity index (χ2v) is 7.63. The van der Waals surface area contributed by atoms with E-state index < -0.39 is 11.8 Å². The molecule has 1 aromatic heterocycles. The summed E-state index contributed by atoms with van der Waals surface area (Å²) in [6, 6.07) is 9.64. The van der Waals surface area contributed by atoms with Gasteiger partial charge in [-0.3, -0.25) is 0 Å². The molecule has 134 valence electrons. The van der Waals surface area contributed by atoms with Gasteiger partial charge in [0.1, 0.15) is 18.2 Å². The molecule has 0 aliphatic heterocycles. The molecule has 2 aromatic carbocycles. The Morgan fingerprint density at radius 3 is 2.77 bits per heavy atom. The summed E-state index contributed by atoms with van der Waals surface area (Å²) in [5.41, 5.74) is 1.41. The minimum atomic E-state index is -1.30. The zero-order valence-electron chi connectivity index (χ0n) is 13.2. The molecule has 0 unspecified atom stereocenters. The van der Waals surface area contributed by atoms with E-state index in [4.69, 9.17) is 16.3 Å². The summed E-state index contributed by atoms with van der Waals surface area (Å²) in [6.07, 6.45) is 0.407. The second kappa shape index (κ2) is 8.16. The minimum Gasteiger partial charge on any atom is -0.543 e. The van der Waals surface area contributed by atoms with Gasteiger partial charge >= 0.3 is 0 Å². The zero-order valence-corrected chi connectivity index (χ0v) is 16.3. The van der Waals surface area contributed by atoms with Crippen LogP contribution in [0.2, 0.25) is 5.02 Å². The minimum absolute atomic E-state index is 0.0828. The fourth-order valence-electron chi connectivity index (χ4n) is 2.27. The lowest BCUT2D eigenvalue weighted by atomic mass is 10.1. The van der Waals surface area contributed by atoms with Crippen LogP contribution in [0.3, 0.4) is 0 Å². The molecule has 0 radical (unpaired) electrons. The maximum Gasteiger partial charge on any atom is 0.124 e. The van der Waals surface area contributed by atoms with Crippen LogP contribution in [-0.2, 0) is 13.0 Å². The van der Waals surface area contributed by atoms with Gasteiger partial charge in [0.2, 0.25) is 0 Å². The number of thiazole rings is 1. The first-order chi connectivity index (χ1) is 12.4. The molecule has 1 heterocycles. The van der Waals surface area contributed by atoms with Crippen LogP contribution in [0.4, 0.5) is 4.39 Å². The van der Waals surface area contributed by atoms with Gasteiger partial charge in [-0.1, -0.05) is 33.6 Å². The van der Waals surface area contributed by atoms with E-state index in [1.54, 1.807) is 12.1 Å². The van der Waals surface area contributed by atoms with E-state index in [1.165, 1.54) is 28.8 Å². The number of aromatic carboxylic acids is 1. The van der Waals surface area contributed by atoms with Gasteiger partial charge in [0.25, 0.3) is 0 Å². The van der Waals surface area contributed by atoms with Crippen molar-refractivity contribution in [1.82, 2.24) is 4.98 Å². The molecule has 0 bridgehead atoms. The average molecular weight is 456 g/mol. The summed E-state index contributed by atoms with van der Waals surface area (Å²) < 4.78 is 19.8. The Morgan fingerprint density at radius 2 is 2.08 bits per heavy atom. The number of carboxylic acids is 1. The standard InChI is InChI=1S/C18H12BrClFNO3S/c19-12-2-4-16(25-8-10-1-3-13(21)7-14(10)20)11(5-12)6-17-22-15(9-26-17)18(23)24/h1-5,7,9H,6,8H2,(H,23,24)/p-1. The predicted octanol–water partition coefficient (Wildman–Crippen LogP) is 4.23. The first-order valence-electron chi connectivity index (χ1n) is 7.43. The fraction of sp³-hybridized carbons (Fsp3) is 0.111. The topological polar surface area (TPSA) is 62.2 Å². The van der Waals surface area contributed by atoms with Crippen LogP contribution in [0.1, 0.15) is 26.6 Å². The largest absolute Gasteiger partial charge is 0.543 e. The molecule has 0 N–H and O–H groups in total. The molecule has 0 atom stereocenters. The van der Waals surface area contributed by atoms with Crippen molar-refractivity contribution in [3.63, 3.8) is 0 Å². The van der Waals surface area contributed by atoms with Crippen molar-refractivity contribution in [2.24, 2.45) is 0 Å². The predicted molar refractivity (Wildman–Crippen MR) is 99.1 cm³/mol. The molecule has 4 nitrogen and oxygen atoms in total. The van der Waals surface area contributed by atoms with Crippen molar-refractivity contribution in [2.75, 3.05) is 0 Å². The highest BCUT2D eigenvalue weighted by atomic mass is 79.9. The Bertz CT molecular complexity index is 963. The van der Waals surface area contributed by atoms with Gasteiger partial charge in [-0.2, -0.15) is 0 Å². The highest BCUT2D eigenvalue weighted by Gasteiger charge is 2.11. The highest BCUT2D eigenvalue weighted by molar-refractivity contribution is 9.10. The van der Waals surface area contributed by atoms with Crippen molar-refractivity contribution >= 4 is 44.8 Å². The summed E-state index contributed by atoms with van der Waals surface area (Å²) in [5, 5.41) is 13.2. The van der Waals surface area contributed by atoms with Crippen molar-refractivity contribution in [2.45, 2.75) is 13.0 Å². The number of carbonyl (C=O) groups excluding carboxylic acids is 1. The monoisotopic (exact) mass is 454 g/mol. The van der Waals surface area contributed by atoms with Crippen LogP contribution in [0.25, 0.3) is 0 Å². The molecular formula is C18H11BrClFNO3S-. The Hall–Kier alpha value is -1.96. The third-order valence-electron chi connectivity index (χ3n) is 3.52. The summed E-state index contributed by atoms with van der Waals surface area (Å²) in [4.78, 5) is 14.9. The number of halogens is 3. The molecule has 3 aromatic rings. The first kappa shape index (κ1) is 18.8. The van der Waals surface area contributed by atoms with Crippen LogP contribution in [0.15, 0.2) is 46.3 Å². The number of hydrogen-bond acceptors (Lipinski definition) is 5. The van der Waals surface area contributed by atoms with Crippen LogP contribution < -0.4 is 9.84 Å². The van der Waals surface area contributed by atoms with E-state index in [1.807, 2.05) is 12.1 Å². The lowest BCUT2D eigenvalue weighted by molar-refractivity contribution is -0.255. The second-order valence-electron chi connectivity index (χ2n) is 5.37. The van der Waals surface area contributed by atoms with Crippen molar-refractivity contribution in [3.8, 4) is 5.75 Å². The van der Waals surface area contributed by atoms with Gasteiger partial charge in [-0.05, 0) is 30.3 Å². The molecule has 0 amide bonds. The first-order valence-corrected chi connectivity index (χ1v) is 9.48. The molecule has 0 saturated carbocycles. The van der Waals surface area contributed by atoms with Gasteiger partial charge in [0.05, 0.1) is 21.7 Å². The number of carbonyl (C=O) groups is 1. The normalized spacial score (nSPS) is 10.7. The van der Waals surface area contributed by atoms with E-state index >= 15 is 0 Å². The van der Waals surface area contributed by atoms with E-state index in [0.29, 0.717) is 27.8 Å². The van der Waals surface area contributed by atoms with Crippen molar-refractivity contribution in [3.05, 3.63) is 78.9 Å².